The Balaban J connectivity index is 1.94. The summed E-state index contributed by atoms with van der Waals surface area (Å²) in [4.78, 5) is 7.55. The van der Waals surface area contributed by atoms with Gasteiger partial charge in [0.1, 0.15) is 5.82 Å². The highest BCUT2D eigenvalue weighted by Gasteiger charge is 2.34. The van der Waals surface area contributed by atoms with Crippen molar-refractivity contribution in [1.29, 1.82) is 0 Å². The molecule has 1 aliphatic carbocycles. The second-order valence-electron chi connectivity index (χ2n) is 6.74. The normalized spacial score (nSPS) is 15.7. The van der Waals surface area contributed by atoms with Gasteiger partial charge in [0.15, 0.2) is 5.69 Å². The molecule has 0 bridgehead atoms. The summed E-state index contributed by atoms with van der Waals surface area (Å²) in [6.07, 6.45) is -5.75. The standard InChI is InChI=1S/C18H18F6N4/c1-10-6-7-11(17(19,20)21)8-13(10)26-15-9-14(18(22,23)24)27-16(28-15)25-12-4-2-3-5-12/h6-9,12H,2-5H2,1H3,(H2,25,26,27,28). The SMILES string of the molecule is Cc1ccc(C(F)(F)F)cc1Nc1cc(C(F)(F)F)nc(NC2CCCC2)n1. The van der Waals surface area contributed by atoms with Crippen molar-refractivity contribution < 1.29 is 26.3 Å². The van der Waals surface area contributed by atoms with E-state index in [2.05, 4.69) is 20.6 Å². The third kappa shape index (κ3) is 4.85. The number of rotatable bonds is 4. The maximum Gasteiger partial charge on any atom is 0.433 e. The zero-order chi connectivity index (χ0) is 20.5. The molecule has 0 saturated heterocycles. The first-order chi connectivity index (χ1) is 13.0. The smallest absolute Gasteiger partial charge is 0.351 e. The Labute approximate surface area is 157 Å². The average Bonchev–Trinajstić information content (AvgIpc) is 3.08. The third-order valence-corrected chi connectivity index (χ3v) is 4.53. The van der Waals surface area contributed by atoms with Crippen LogP contribution in [0.2, 0.25) is 0 Å². The maximum atomic E-state index is 13.2. The van der Waals surface area contributed by atoms with Crippen LogP contribution in [0.5, 0.6) is 0 Å². The predicted octanol–water partition coefficient (Wildman–Crippen LogP) is 5.92. The number of aryl methyl sites for hydroxylation is 1. The number of anilines is 3. The minimum Gasteiger partial charge on any atom is -0.351 e. The van der Waals surface area contributed by atoms with Crippen molar-refractivity contribution in [2.45, 2.75) is 51.0 Å². The lowest BCUT2D eigenvalue weighted by Crippen LogP contribution is -2.19. The Morgan fingerprint density at radius 3 is 2.21 bits per heavy atom. The van der Waals surface area contributed by atoms with Crippen LogP contribution in [0.4, 0.5) is 43.8 Å². The molecule has 2 N–H and O–H groups in total. The van der Waals surface area contributed by atoms with Crippen LogP contribution in [0.3, 0.4) is 0 Å². The number of benzene rings is 1. The Morgan fingerprint density at radius 1 is 0.929 bits per heavy atom. The summed E-state index contributed by atoms with van der Waals surface area (Å²) in [7, 11) is 0. The van der Waals surface area contributed by atoms with Gasteiger partial charge in [-0.25, -0.2) is 4.98 Å². The van der Waals surface area contributed by atoms with Gasteiger partial charge in [0, 0.05) is 17.8 Å². The van der Waals surface area contributed by atoms with E-state index in [0.29, 0.717) is 11.6 Å². The van der Waals surface area contributed by atoms with E-state index >= 15 is 0 Å². The van der Waals surface area contributed by atoms with Gasteiger partial charge < -0.3 is 10.6 Å². The molecule has 152 valence electrons. The molecular formula is C18H18F6N4. The second-order valence-corrected chi connectivity index (χ2v) is 6.74. The lowest BCUT2D eigenvalue weighted by atomic mass is 10.1. The van der Waals surface area contributed by atoms with Crippen LogP contribution in [0.25, 0.3) is 0 Å². The molecule has 10 heteroatoms. The molecule has 0 amide bonds. The van der Waals surface area contributed by atoms with Crippen molar-refractivity contribution in [1.82, 2.24) is 9.97 Å². The highest BCUT2D eigenvalue weighted by atomic mass is 19.4. The molecule has 4 nitrogen and oxygen atoms in total. The van der Waals surface area contributed by atoms with Gasteiger partial charge >= 0.3 is 12.4 Å². The van der Waals surface area contributed by atoms with Gasteiger partial charge in [0.25, 0.3) is 0 Å². The van der Waals surface area contributed by atoms with E-state index in [9.17, 15) is 26.3 Å². The predicted molar refractivity (Wildman–Crippen MR) is 92.4 cm³/mol. The fraction of sp³-hybridized carbons (Fsp3) is 0.444. The number of nitrogens with one attached hydrogen (secondary N) is 2. The van der Waals surface area contributed by atoms with Crippen molar-refractivity contribution in [3.63, 3.8) is 0 Å². The second kappa shape index (κ2) is 7.48. The highest BCUT2D eigenvalue weighted by molar-refractivity contribution is 5.62. The zero-order valence-corrected chi connectivity index (χ0v) is 14.9. The van der Waals surface area contributed by atoms with Gasteiger partial charge in [-0.3, -0.25) is 0 Å². The molecule has 0 unspecified atom stereocenters. The Hall–Kier alpha value is -2.52. The molecule has 28 heavy (non-hydrogen) atoms. The van der Waals surface area contributed by atoms with Crippen LogP contribution in [0, 0.1) is 6.92 Å². The number of hydrogen-bond acceptors (Lipinski definition) is 4. The van der Waals surface area contributed by atoms with Gasteiger partial charge in [0.2, 0.25) is 5.95 Å². The first kappa shape index (κ1) is 20.2. The summed E-state index contributed by atoms with van der Waals surface area (Å²) in [6, 6.07) is 3.66. The Morgan fingerprint density at radius 2 is 1.61 bits per heavy atom. The van der Waals surface area contributed by atoms with Crippen molar-refractivity contribution in [2.75, 3.05) is 10.6 Å². The molecule has 0 aliphatic heterocycles. The molecule has 1 aromatic carbocycles. The molecule has 0 radical (unpaired) electrons. The summed E-state index contributed by atoms with van der Waals surface area (Å²) >= 11 is 0. The molecule has 1 heterocycles. The largest absolute Gasteiger partial charge is 0.433 e. The van der Waals surface area contributed by atoms with E-state index in [1.54, 1.807) is 6.92 Å². The highest BCUT2D eigenvalue weighted by Crippen LogP contribution is 2.34. The van der Waals surface area contributed by atoms with Crippen LogP contribution in [0.15, 0.2) is 24.3 Å². The van der Waals surface area contributed by atoms with Gasteiger partial charge in [-0.1, -0.05) is 18.9 Å². The molecule has 0 spiro atoms. The van der Waals surface area contributed by atoms with Crippen LogP contribution in [-0.4, -0.2) is 16.0 Å². The molecule has 1 fully saturated rings. The number of hydrogen-bond donors (Lipinski definition) is 2. The van der Waals surface area contributed by atoms with E-state index in [1.807, 2.05) is 0 Å². The van der Waals surface area contributed by atoms with Gasteiger partial charge in [-0.05, 0) is 37.5 Å². The maximum absolute atomic E-state index is 13.2. The Bertz CT molecular complexity index is 841. The van der Waals surface area contributed by atoms with Crippen molar-refractivity contribution in [3.05, 3.63) is 41.1 Å². The van der Waals surface area contributed by atoms with Crippen LogP contribution >= 0.6 is 0 Å². The van der Waals surface area contributed by atoms with Crippen LogP contribution < -0.4 is 10.6 Å². The monoisotopic (exact) mass is 404 g/mol. The molecular weight excluding hydrogens is 386 g/mol. The van der Waals surface area contributed by atoms with E-state index < -0.39 is 23.6 Å². The first-order valence-corrected chi connectivity index (χ1v) is 8.70. The molecule has 1 aromatic heterocycles. The van der Waals surface area contributed by atoms with Gasteiger partial charge in [0.05, 0.1) is 5.56 Å². The molecule has 1 aliphatic rings. The average molecular weight is 404 g/mol. The van der Waals surface area contributed by atoms with Crippen molar-refractivity contribution in [3.8, 4) is 0 Å². The summed E-state index contributed by atoms with van der Waals surface area (Å²) < 4.78 is 78.4. The summed E-state index contributed by atoms with van der Waals surface area (Å²) in [5.41, 5.74) is -1.62. The fourth-order valence-corrected chi connectivity index (χ4v) is 3.04. The summed E-state index contributed by atoms with van der Waals surface area (Å²) in [6.45, 7) is 1.55. The molecule has 3 rings (SSSR count). The minimum atomic E-state index is -4.71. The third-order valence-electron chi connectivity index (χ3n) is 4.53. The van der Waals surface area contributed by atoms with Crippen LogP contribution in [-0.2, 0) is 12.4 Å². The van der Waals surface area contributed by atoms with Gasteiger partial charge in [-0.2, -0.15) is 31.3 Å². The number of alkyl halides is 6. The van der Waals surface area contributed by atoms with E-state index in [4.69, 9.17) is 0 Å². The topological polar surface area (TPSA) is 49.8 Å². The van der Waals surface area contributed by atoms with Gasteiger partial charge in [-0.15, -0.1) is 0 Å². The van der Waals surface area contributed by atoms with Crippen LogP contribution in [0.1, 0.15) is 42.5 Å². The molecule has 1 saturated carbocycles. The summed E-state index contributed by atoms with van der Waals surface area (Å²) in [5, 5.41) is 5.46. The van der Waals surface area contributed by atoms with E-state index in [0.717, 1.165) is 37.8 Å². The lowest BCUT2D eigenvalue weighted by Gasteiger charge is -2.17. The Kier molecular flexibility index (Phi) is 5.40. The zero-order valence-electron chi connectivity index (χ0n) is 14.9. The summed E-state index contributed by atoms with van der Waals surface area (Å²) in [5.74, 6) is -0.431. The first-order valence-electron chi connectivity index (χ1n) is 8.70. The molecule has 0 atom stereocenters. The number of nitrogens with zero attached hydrogens (tertiary/aromatic N) is 2. The number of halogens is 6. The van der Waals surface area contributed by atoms with E-state index in [1.165, 1.54) is 6.07 Å². The quantitative estimate of drug-likeness (QED) is 0.621. The van der Waals surface area contributed by atoms with E-state index in [-0.39, 0.29) is 23.5 Å². The van der Waals surface area contributed by atoms with Crippen molar-refractivity contribution >= 4 is 17.5 Å². The minimum absolute atomic E-state index is 0.0216. The molecule has 2 aromatic rings. The van der Waals surface area contributed by atoms with Crippen molar-refractivity contribution in [2.24, 2.45) is 0 Å². The fourth-order valence-electron chi connectivity index (χ4n) is 3.04. The number of aromatic nitrogens is 2. The lowest BCUT2D eigenvalue weighted by molar-refractivity contribution is -0.141.